The third-order valence-corrected chi connectivity index (χ3v) is 4.87. The average molecular weight is 411 g/mol. The van der Waals surface area contributed by atoms with E-state index in [1.165, 1.54) is 12.1 Å². The summed E-state index contributed by atoms with van der Waals surface area (Å²) in [4.78, 5) is 12.7. The fourth-order valence-electron chi connectivity index (χ4n) is 3.40. The highest BCUT2D eigenvalue weighted by atomic mass is 19.1. The molecule has 4 rings (SSSR count). The summed E-state index contributed by atoms with van der Waals surface area (Å²) in [7, 11) is 0. The summed E-state index contributed by atoms with van der Waals surface area (Å²) < 4.78 is 36.6. The lowest BCUT2D eigenvalue weighted by molar-refractivity contribution is -0.112. The smallest absolute Gasteiger partial charge is 0.344 e. The van der Waals surface area contributed by atoms with Crippen molar-refractivity contribution >= 4 is 5.97 Å². The molecule has 156 valence electrons. The third kappa shape index (κ3) is 3.93. The van der Waals surface area contributed by atoms with E-state index >= 15 is 0 Å². The van der Waals surface area contributed by atoms with E-state index in [4.69, 9.17) is 18.7 Å². The lowest BCUT2D eigenvalue weighted by Crippen LogP contribution is -2.20. The van der Waals surface area contributed by atoms with Crippen LogP contribution in [-0.2, 0) is 22.7 Å². The summed E-state index contributed by atoms with van der Waals surface area (Å²) in [6, 6.07) is 12.1. The molecule has 0 spiro atoms. The number of carbonyl (C=O) groups excluding carboxylic acids is 1. The van der Waals surface area contributed by atoms with Crippen LogP contribution in [0.5, 0.6) is 5.75 Å². The number of ether oxygens (including phenoxy) is 3. The molecule has 0 radical (unpaired) electrons. The Hall–Kier alpha value is -3.19. The largest absolute Gasteiger partial charge is 0.460 e. The summed E-state index contributed by atoms with van der Waals surface area (Å²) in [5, 5.41) is 3.86. The van der Waals surface area contributed by atoms with Crippen molar-refractivity contribution in [2.24, 2.45) is 0 Å². The maximum atomic E-state index is 14.1. The highest BCUT2D eigenvalue weighted by molar-refractivity contribution is 5.91. The minimum Gasteiger partial charge on any atom is -0.460 e. The number of halogens is 1. The predicted octanol–water partition coefficient (Wildman–Crippen LogP) is 5.21. The fourth-order valence-corrected chi connectivity index (χ4v) is 3.40. The standard InChI is InChI=1S/C23H22FNO5/c1-13(2)20-19(14(3)25-30-20)22(26)27-11-16-9-18(24)10-17-12-28-23(29-21(16)17)15-7-5-4-6-8-15/h4-10,13,23H,11-12H2,1-3H3/t23-/m0/s1. The van der Waals surface area contributed by atoms with Crippen LogP contribution in [0.1, 0.15) is 64.6 Å². The number of hydrogen-bond acceptors (Lipinski definition) is 6. The van der Waals surface area contributed by atoms with Crippen LogP contribution < -0.4 is 4.74 Å². The summed E-state index contributed by atoms with van der Waals surface area (Å²) in [5.41, 5.74) is 2.61. The Balaban J connectivity index is 1.57. The normalized spacial score (nSPS) is 15.6. The molecule has 30 heavy (non-hydrogen) atoms. The number of rotatable bonds is 5. The predicted molar refractivity (Wildman–Crippen MR) is 105 cm³/mol. The first-order valence-corrected chi connectivity index (χ1v) is 9.71. The van der Waals surface area contributed by atoms with Gasteiger partial charge in [-0.3, -0.25) is 0 Å². The molecule has 1 aromatic heterocycles. The molecule has 1 aliphatic heterocycles. The summed E-state index contributed by atoms with van der Waals surface area (Å²) in [6.45, 7) is 5.52. The van der Waals surface area contributed by atoms with Crippen LogP contribution >= 0.6 is 0 Å². The van der Waals surface area contributed by atoms with Gasteiger partial charge in [0.25, 0.3) is 0 Å². The van der Waals surface area contributed by atoms with E-state index in [2.05, 4.69) is 5.16 Å². The molecule has 1 aliphatic rings. The Morgan fingerprint density at radius 2 is 2.03 bits per heavy atom. The number of benzene rings is 2. The average Bonchev–Trinajstić information content (AvgIpc) is 3.14. The second kappa shape index (κ2) is 8.28. The second-order valence-corrected chi connectivity index (χ2v) is 7.46. The first-order valence-electron chi connectivity index (χ1n) is 9.71. The van der Waals surface area contributed by atoms with Crippen LogP contribution in [0.2, 0.25) is 0 Å². The molecule has 7 heteroatoms. The van der Waals surface area contributed by atoms with E-state index in [9.17, 15) is 9.18 Å². The van der Waals surface area contributed by atoms with Crippen molar-refractivity contribution in [2.45, 2.75) is 46.2 Å². The molecule has 2 heterocycles. The Kier molecular flexibility index (Phi) is 5.55. The van der Waals surface area contributed by atoms with E-state index in [-0.39, 0.29) is 19.1 Å². The molecule has 0 saturated carbocycles. The number of aromatic nitrogens is 1. The van der Waals surface area contributed by atoms with Gasteiger partial charge in [-0.25, -0.2) is 9.18 Å². The zero-order valence-corrected chi connectivity index (χ0v) is 17.0. The van der Waals surface area contributed by atoms with Crippen molar-refractivity contribution in [2.75, 3.05) is 0 Å². The van der Waals surface area contributed by atoms with Gasteiger partial charge >= 0.3 is 5.97 Å². The second-order valence-electron chi connectivity index (χ2n) is 7.46. The molecule has 0 fully saturated rings. The van der Waals surface area contributed by atoms with Crippen LogP contribution in [0.3, 0.4) is 0 Å². The number of esters is 1. The quantitative estimate of drug-likeness (QED) is 0.537. The number of carbonyl (C=O) groups is 1. The van der Waals surface area contributed by atoms with Crippen LogP contribution in [0, 0.1) is 12.7 Å². The van der Waals surface area contributed by atoms with E-state index in [0.29, 0.717) is 33.9 Å². The Morgan fingerprint density at radius 1 is 1.27 bits per heavy atom. The molecule has 0 N–H and O–H groups in total. The highest BCUT2D eigenvalue weighted by Gasteiger charge is 2.27. The monoisotopic (exact) mass is 411 g/mol. The SMILES string of the molecule is Cc1noc(C(C)C)c1C(=O)OCc1cc(F)cc2c1O[C@@H](c1ccccc1)OC2. The van der Waals surface area contributed by atoms with Gasteiger partial charge in [0.1, 0.15) is 23.7 Å². The van der Waals surface area contributed by atoms with Crippen molar-refractivity contribution in [3.05, 3.63) is 82.0 Å². The number of hydrogen-bond donors (Lipinski definition) is 0. The zero-order valence-electron chi connectivity index (χ0n) is 17.0. The lowest BCUT2D eigenvalue weighted by Gasteiger charge is -2.28. The Morgan fingerprint density at radius 3 is 2.77 bits per heavy atom. The van der Waals surface area contributed by atoms with Crippen LogP contribution in [0.25, 0.3) is 0 Å². The highest BCUT2D eigenvalue weighted by Crippen LogP contribution is 2.37. The molecule has 0 saturated heterocycles. The Labute approximate surface area is 173 Å². The summed E-state index contributed by atoms with van der Waals surface area (Å²) in [5.74, 6) is -0.109. The number of fused-ring (bicyclic) bond motifs is 1. The van der Waals surface area contributed by atoms with E-state index < -0.39 is 18.1 Å². The molecular formula is C23H22FNO5. The zero-order chi connectivity index (χ0) is 21.3. The topological polar surface area (TPSA) is 70.8 Å². The first-order chi connectivity index (χ1) is 14.4. The lowest BCUT2D eigenvalue weighted by atomic mass is 10.1. The minimum absolute atomic E-state index is 0.0252. The Bertz CT molecular complexity index is 1060. The van der Waals surface area contributed by atoms with Crippen molar-refractivity contribution in [1.82, 2.24) is 5.16 Å². The number of aryl methyl sites for hydroxylation is 1. The molecule has 2 aromatic carbocycles. The minimum atomic E-state index is -0.619. The summed E-state index contributed by atoms with van der Waals surface area (Å²) >= 11 is 0. The van der Waals surface area contributed by atoms with Crippen molar-refractivity contribution in [3.63, 3.8) is 0 Å². The van der Waals surface area contributed by atoms with Gasteiger partial charge in [-0.2, -0.15) is 0 Å². The van der Waals surface area contributed by atoms with Crippen molar-refractivity contribution in [3.8, 4) is 5.75 Å². The van der Waals surface area contributed by atoms with E-state index in [0.717, 1.165) is 5.56 Å². The molecule has 0 aliphatic carbocycles. The van der Waals surface area contributed by atoms with Gasteiger partial charge in [-0.05, 0) is 19.1 Å². The van der Waals surface area contributed by atoms with Gasteiger partial charge in [0.05, 0.1) is 12.3 Å². The third-order valence-electron chi connectivity index (χ3n) is 4.87. The molecule has 1 atom stereocenters. The van der Waals surface area contributed by atoms with E-state index in [1.54, 1.807) is 6.92 Å². The van der Waals surface area contributed by atoms with Gasteiger partial charge in [0.2, 0.25) is 6.29 Å². The van der Waals surface area contributed by atoms with Gasteiger partial charge in [0, 0.05) is 22.6 Å². The van der Waals surface area contributed by atoms with E-state index in [1.807, 2.05) is 44.2 Å². The van der Waals surface area contributed by atoms with Crippen molar-refractivity contribution < 1.29 is 27.9 Å². The molecule has 0 unspecified atom stereocenters. The number of nitrogens with zero attached hydrogens (tertiary/aromatic N) is 1. The molecule has 0 amide bonds. The maximum Gasteiger partial charge on any atom is 0.344 e. The van der Waals surface area contributed by atoms with Crippen molar-refractivity contribution in [1.29, 1.82) is 0 Å². The van der Waals surface area contributed by atoms with Gasteiger partial charge < -0.3 is 18.7 Å². The maximum absolute atomic E-state index is 14.1. The van der Waals surface area contributed by atoms with Crippen LogP contribution in [0.4, 0.5) is 4.39 Å². The van der Waals surface area contributed by atoms with Crippen LogP contribution in [0.15, 0.2) is 47.0 Å². The summed E-state index contributed by atoms with van der Waals surface area (Å²) in [6.07, 6.45) is -0.619. The van der Waals surface area contributed by atoms with Gasteiger partial charge in [0.15, 0.2) is 5.76 Å². The molecular weight excluding hydrogens is 389 g/mol. The molecule has 3 aromatic rings. The fraction of sp³-hybridized carbons (Fsp3) is 0.304. The van der Waals surface area contributed by atoms with Gasteiger partial charge in [-0.1, -0.05) is 49.3 Å². The molecule has 6 nitrogen and oxygen atoms in total. The van der Waals surface area contributed by atoms with Crippen LogP contribution in [-0.4, -0.2) is 11.1 Å². The molecule has 0 bridgehead atoms. The van der Waals surface area contributed by atoms with Gasteiger partial charge in [-0.15, -0.1) is 0 Å². The first kappa shape index (κ1) is 20.1.